The van der Waals surface area contributed by atoms with Gasteiger partial charge in [-0.05, 0) is 18.4 Å². The van der Waals surface area contributed by atoms with E-state index in [0.29, 0.717) is 12.0 Å². The molecule has 0 spiro atoms. The molecule has 6 heteroatoms. The van der Waals surface area contributed by atoms with Crippen LogP contribution in [0.5, 0.6) is 0 Å². The maximum atomic E-state index is 12.1. The van der Waals surface area contributed by atoms with Crippen molar-refractivity contribution in [3.8, 4) is 0 Å². The molecule has 0 aliphatic carbocycles. The molecule has 0 radical (unpaired) electrons. The Bertz CT molecular complexity index is 570. The molecule has 1 aromatic rings. The predicted octanol–water partition coefficient (Wildman–Crippen LogP) is 1.31. The molecular weight excluding hydrogens is 276 g/mol. The quantitative estimate of drug-likeness (QED) is 0.795. The van der Waals surface area contributed by atoms with Gasteiger partial charge >= 0.3 is 0 Å². The lowest BCUT2D eigenvalue weighted by atomic mass is 10.00. The molecule has 0 aromatic heterocycles. The molecule has 0 aliphatic rings. The highest BCUT2D eigenvalue weighted by molar-refractivity contribution is 7.88. The van der Waals surface area contributed by atoms with Gasteiger partial charge in [0.25, 0.3) is 0 Å². The zero-order valence-electron chi connectivity index (χ0n) is 12.1. The van der Waals surface area contributed by atoms with Crippen LogP contribution in [0.1, 0.15) is 31.4 Å². The minimum atomic E-state index is -3.60. The molecule has 2 unspecified atom stereocenters. The van der Waals surface area contributed by atoms with Crippen LogP contribution < -0.4 is 10.5 Å². The Morgan fingerprint density at radius 3 is 2.55 bits per heavy atom. The number of sulfonamides is 1. The maximum absolute atomic E-state index is 12.1. The van der Waals surface area contributed by atoms with E-state index < -0.39 is 22.0 Å². The summed E-state index contributed by atoms with van der Waals surface area (Å²) in [6, 6.07) is 6.39. The van der Waals surface area contributed by atoms with Crippen LogP contribution in [0.3, 0.4) is 0 Å². The van der Waals surface area contributed by atoms with Crippen molar-refractivity contribution in [3.63, 3.8) is 0 Å². The first kappa shape index (κ1) is 16.7. The highest BCUT2D eigenvalue weighted by atomic mass is 32.2. The topological polar surface area (TPSA) is 89.3 Å². The van der Waals surface area contributed by atoms with Crippen molar-refractivity contribution in [2.45, 2.75) is 39.0 Å². The fourth-order valence-corrected chi connectivity index (χ4v) is 3.38. The number of hydrogen-bond acceptors (Lipinski definition) is 3. The van der Waals surface area contributed by atoms with Crippen molar-refractivity contribution in [1.29, 1.82) is 0 Å². The van der Waals surface area contributed by atoms with Crippen LogP contribution >= 0.6 is 0 Å². The molecule has 0 fully saturated rings. The third-order valence-electron chi connectivity index (χ3n) is 3.27. The van der Waals surface area contributed by atoms with Crippen LogP contribution in [-0.4, -0.2) is 20.4 Å². The summed E-state index contributed by atoms with van der Waals surface area (Å²) in [6.07, 6.45) is 0.667. The number of nitrogens with two attached hydrogens (primary N) is 1. The number of carbonyl (C=O) groups is 1. The summed E-state index contributed by atoms with van der Waals surface area (Å²) in [6.45, 7) is 5.58. The molecule has 2 atom stereocenters. The van der Waals surface area contributed by atoms with E-state index in [4.69, 9.17) is 5.73 Å². The van der Waals surface area contributed by atoms with Crippen molar-refractivity contribution in [2.75, 3.05) is 0 Å². The van der Waals surface area contributed by atoms with Gasteiger partial charge in [0.05, 0.1) is 5.75 Å². The molecule has 0 saturated carbocycles. The van der Waals surface area contributed by atoms with Crippen LogP contribution in [0.2, 0.25) is 0 Å². The van der Waals surface area contributed by atoms with Crippen molar-refractivity contribution in [3.05, 3.63) is 35.4 Å². The van der Waals surface area contributed by atoms with Gasteiger partial charge in [0, 0.05) is 0 Å². The van der Waals surface area contributed by atoms with Gasteiger partial charge in [-0.15, -0.1) is 0 Å². The van der Waals surface area contributed by atoms with Gasteiger partial charge in [-0.2, -0.15) is 0 Å². The minimum Gasteiger partial charge on any atom is -0.368 e. The largest absolute Gasteiger partial charge is 0.368 e. The standard InChI is InChI=1S/C14H22N2O3S/c1-4-11(3)13(14(15)17)16-20(18,19)9-12-7-5-6-10(2)8-12/h5-8,11,13,16H,4,9H2,1-3H3,(H2,15,17). The summed E-state index contributed by atoms with van der Waals surface area (Å²) in [5.74, 6) is -0.943. The molecule has 1 amide bonds. The van der Waals surface area contributed by atoms with Gasteiger partial charge < -0.3 is 5.73 Å². The van der Waals surface area contributed by atoms with Crippen LogP contribution in [-0.2, 0) is 20.6 Å². The highest BCUT2D eigenvalue weighted by Crippen LogP contribution is 2.12. The van der Waals surface area contributed by atoms with E-state index in [-0.39, 0.29) is 11.7 Å². The number of primary amides is 1. The van der Waals surface area contributed by atoms with Crippen LogP contribution in [0.4, 0.5) is 0 Å². The van der Waals surface area contributed by atoms with Gasteiger partial charge in [-0.1, -0.05) is 50.1 Å². The lowest BCUT2D eigenvalue weighted by molar-refractivity contribution is -0.120. The van der Waals surface area contributed by atoms with Gasteiger partial charge in [0.1, 0.15) is 6.04 Å². The van der Waals surface area contributed by atoms with Crippen LogP contribution in [0.15, 0.2) is 24.3 Å². The van der Waals surface area contributed by atoms with E-state index in [0.717, 1.165) is 5.56 Å². The lowest BCUT2D eigenvalue weighted by Crippen LogP contribution is -2.48. The fraction of sp³-hybridized carbons (Fsp3) is 0.500. The van der Waals surface area contributed by atoms with Gasteiger partial charge in [0.15, 0.2) is 0 Å². The zero-order valence-corrected chi connectivity index (χ0v) is 12.9. The molecule has 0 aliphatic heterocycles. The molecule has 1 rings (SSSR count). The van der Waals surface area contributed by atoms with Gasteiger partial charge in [0.2, 0.25) is 15.9 Å². The third-order valence-corrected chi connectivity index (χ3v) is 4.59. The third kappa shape index (κ3) is 4.94. The summed E-state index contributed by atoms with van der Waals surface area (Å²) in [5, 5.41) is 0. The summed E-state index contributed by atoms with van der Waals surface area (Å²) in [5.41, 5.74) is 6.95. The van der Waals surface area contributed by atoms with Gasteiger partial charge in [-0.25, -0.2) is 13.1 Å². The average Bonchev–Trinajstić information content (AvgIpc) is 2.34. The van der Waals surface area contributed by atoms with Crippen LogP contribution in [0, 0.1) is 12.8 Å². The first-order valence-corrected chi connectivity index (χ1v) is 8.25. The Morgan fingerprint density at radius 2 is 2.05 bits per heavy atom. The van der Waals surface area contributed by atoms with E-state index in [2.05, 4.69) is 4.72 Å². The monoisotopic (exact) mass is 298 g/mol. The van der Waals surface area contributed by atoms with E-state index in [1.54, 1.807) is 19.1 Å². The number of carbonyl (C=O) groups excluding carboxylic acids is 1. The summed E-state index contributed by atoms with van der Waals surface area (Å²) < 4.78 is 26.7. The van der Waals surface area contributed by atoms with E-state index in [9.17, 15) is 13.2 Å². The zero-order chi connectivity index (χ0) is 15.3. The second-order valence-corrected chi connectivity index (χ2v) is 6.89. The maximum Gasteiger partial charge on any atom is 0.235 e. The van der Waals surface area contributed by atoms with Crippen molar-refractivity contribution >= 4 is 15.9 Å². The molecule has 20 heavy (non-hydrogen) atoms. The summed E-state index contributed by atoms with van der Waals surface area (Å²) >= 11 is 0. The Kier molecular flexibility index (Phi) is 5.71. The van der Waals surface area contributed by atoms with E-state index >= 15 is 0 Å². The summed E-state index contributed by atoms with van der Waals surface area (Å²) in [7, 11) is -3.60. The minimum absolute atomic E-state index is 0.139. The molecule has 0 bridgehead atoms. The molecule has 3 N–H and O–H groups in total. The second-order valence-electron chi connectivity index (χ2n) is 5.13. The average molecular weight is 298 g/mol. The highest BCUT2D eigenvalue weighted by Gasteiger charge is 2.26. The molecular formula is C14H22N2O3S. The number of benzene rings is 1. The molecule has 112 valence electrons. The van der Waals surface area contributed by atoms with Crippen molar-refractivity contribution in [1.82, 2.24) is 4.72 Å². The fourth-order valence-electron chi connectivity index (χ4n) is 1.95. The van der Waals surface area contributed by atoms with E-state index in [1.807, 2.05) is 26.0 Å². The Labute approximate surface area is 120 Å². The number of hydrogen-bond donors (Lipinski definition) is 2. The Balaban J connectivity index is 2.85. The number of amides is 1. The van der Waals surface area contributed by atoms with Crippen molar-refractivity contribution < 1.29 is 13.2 Å². The number of rotatable bonds is 7. The Morgan fingerprint density at radius 1 is 1.40 bits per heavy atom. The second kappa shape index (κ2) is 6.85. The Hall–Kier alpha value is -1.40. The number of aryl methyl sites for hydroxylation is 1. The van der Waals surface area contributed by atoms with Crippen molar-refractivity contribution in [2.24, 2.45) is 11.7 Å². The van der Waals surface area contributed by atoms with Gasteiger partial charge in [-0.3, -0.25) is 4.79 Å². The molecule has 1 aromatic carbocycles. The first-order chi connectivity index (χ1) is 9.25. The summed E-state index contributed by atoms with van der Waals surface area (Å²) in [4.78, 5) is 11.4. The molecule has 5 nitrogen and oxygen atoms in total. The molecule has 0 saturated heterocycles. The first-order valence-electron chi connectivity index (χ1n) is 6.60. The predicted molar refractivity (Wildman–Crippen MR) is 79.4 cm³/mol. The van der Waals surface area contributed by atoms with Crippen LogP contribution in [0.25, 0.3) is 0 Å². The number of nitrogens with one attached hydrogen (secondary N) is 1. The molecule has 0 heterocycles. The smallest absolute Gasteiger partial charge is 0.235 e. The lowest BCUT2D eigenvalue weighted by Gasteiger charge is -2.21. The van der Waals surface area contributed by atoms with E-state index in [1.165, 1.54) is 0 Å². The normalized spacial score (nSPS) is 14.8. The SMILES string of the molecule is CCC(C)C(NS(=O)(=O)Cc1cccc(C)c1)C(N)=O.